The molecule has 19 heavy (non-hydrogen) atoms. The SMILES string of the molecule is CCOc1ccc(C(O)c2c(OC)cnn2C)cc1. The van der Waals surface area contributed by atoms with Gasteiger partial charge in [-0.3, -0.25) is 4.68 Å². The highest BCUT2D eigenvalue weighted by Gasteiger charge is 2.20. The number of aliphatic hydroxyl groups excluding tert-OH is 1. The second-order valence-corrected chi connectivity index (χ2v) is 4.13. The smallest absolute Gasteiger partial charge is 0.162 e. The van der Waals surface area contributed by atoms with Gasteiger partial charge in [-0.15, -0.1) is 0 Å². The zero-order chi connectivity index (χ0) is 13.8. The van der Waals surface area contributed by atoms with Crippen molar-refractivity contribution in [2.75, 3.05) is 13.7 Å². The van der Waals surface area contributed by atoms with Gasteiger partial charge in [0.2, 0.25) is 0 Å². The van der Waals surface area contributed by atoms with Gasteiger partial charge in [-0.1, -0.05) is 12.1 Å². The first-order valence-electron chi connectivity index (χ1n) is 6.14. The molecule has 0 aliphatic heterocycles. The maximum Gasteiger partial charge on any atom is 0.162 e. The van der Waals surface area contributed by atoms with E-state index in [0.717, 1.165) is 11.3 Å². The van der Waals surface area contributed by atoms with E-state index >= 15 is 0 Å². The van der Waals surface area contributed by atoms with Gasteiger partial charge in [-0.2, -0.15) is 5.10 Å². The molecule has 0 bridgehead atoms. The molecule has 0 spiro atoms. The predicted octanol–water partition coefficient (Wildman–Crippen LogP) is 1.91. The van der Waals surface area contributed by atoms with E-state index in [-0.39, 0.29) is 0 Å². The van der Waals surface area contributed by atoms with Crippen LogP contribution < -0.4 is 9.47 Å². The Kier molecular flexibility index (Phi) is 4.06. The lowest BCUT2D eigenvalue weighted by Crippen LogP contribution is -2.08. The van der Waals surface area contributed by atoms with E-state index in [0.29, 0.717) is 18.1 Å². The van der Waals surface area contributed by atoms with Crippen molar-refractivity contribution >= 4 is 0 Å². The Labute approximate surface area is 112 Å². The van der Waals surface area contributed by atoms with Crippen LogP contribution in [0.2, 0.25) is 0 Å². The molecule has 0 aliphatic carbocycles. The largest absolute Gasteiger partial charge is 0.494 e. The number of ether oxygens (including phenoxy) is 2. The molecule has 5 nitrogen and oxygen atoms in total. The van der Waals surface area contributed by atoms with Crippen LogP contribution in [-0.2, 0) is 7.05 Å². The van der Waals surface area contributed by atoms with Crippen molar-refractivity contribution in [1.82, 2.24) is 9.78 Å². The topological polar surface area (TPSA) is 56.5 Å². The normalized spacial score (nSPS) is 12.2. The summed E-state index contributed by atoms with van der Waals surface area (Å²) in [7, 11) is 3.33. The molecular formula is C14H18N2O3. The third kappa shape index (κ3) is 2.71. The second-order valence-electron chi connectivity index (χ2n) is 4.13. The van der Waals surface area contributed by atoms with Crippen LogP contribution in [0.5, 0.6) is 11.5 Å². The molecule has 1 atom stereocenters. The zero-order valence-electron chi connectivity index (χ0n) is 11.3. The Hall–Kier alpha value is -2.01. The molecule has 1 unspecified atom stereocenters. The number of aliphatic hydroxyl groups is 1. The summed E-state index contributed by atoms with van der Waals surface area (Å²) in [6.45, 7) is 2.56. The number of nitrogens with zero attached hydrogens (tertiary/aromatic N) is 2. The Balaban J connectivity index is 2.27. The molecule has 102 valence electrons. The van der Waals surface area contributed by atoms with Crippen molar-refractivity contribution in [3.8, 4) is 11.5 Å². The number of aryl methyl sites for hydroxylation is 1. The van der Waals surface area contributed by atoms with Crippen molar-refractivity contribution in [2.45, 2.75) is 13.0 Å². The van der Waals surface area contributed by atoms with Crippen LogP contribution in [0, 0.1) is 0 Å². The first-order chi connectivity index (χ1) is 9.17. The van der Waals surface area contributed by atoms with Crippen LogP contribution in [0.15, 0.2) is 30.5 Å². The summed E-state index contributed by atoms with van der Waals surface area (Å²) in [6, 6.07) is 7.35. The number of hydrogen-bond donors (Lipinski definition) is 1. The van der Waals surface area contributed by atoms with Gasteiger partial charge in [0.15, 0.2) is 5.75 Å². The Morgan fingerprint density at radius 3 is 2.58 bits per heavy atom. The van der Waals surface area contributed by atoms with Crippen LogP contribution in [0.4, 0.5) is 0 Å². The highest BCUT2D eigenvalue weighted by Crippen LogP contribution is 2.30. The molecule has 2 rings (SSSR count). The molecule has 5 heteroatoms. The average molecular weight is 262 g/mol. The first-order valence-corrected chi connectivity index (χ1v) is 6.14. The number of aromatic nitrogens is 2. The molecule has 0 aliphatic rings. The van der Waals surface area contributed by atoms with Crippen LogP contribution >= 0.6 is 0 Å². The zero-order valence-corrected chi connectivity index (χ0v) is 11.3. The van der Waals surface area contributed by atoms with Crippen molar-refractivity contribution in [3.05, 3.63) is 41.7 Å². The molecule has 1 heterocycles. The summed E-state index contributed by atoms with van der Waals surface area (Å²) in [5.41, 5.74) is 1.40. The molecule has 1 aromatic heterocycles. The molecule has 0 radical (unpaired) electrons. The first kappa shape index (κ1) is 13.4. The maximum absolute atomic E-state index is 10.4. The van der Waals surface area contributed by atoms with Crippen LogP contribution in [-0.4, -0.2) is 28.6 Å². The summed E-state index contributed by atoms with van der Waals surface area (Å²) in [4.78, 5) is 0. The van der Waals surface area contributed by atoms with Crippen molar-refractivity contribution in [2.24, 2.45) is 7.05 Å². The van der Waals surface area contributed by atoms with Crippen LogP contribution in [0.25, 0.3) is 0 Å². The average Bonchev–Trinajstić information content (AvgIpc) is 2.80. The van der Waals surface area contributed by atoms with E-state index < -0.39 is 6.10 Å². The lowest BCUT2D eigenvalue weighted by atomic mass is 10.1. The molecule has 2 aromatic rings. The van der Waals surface area contributed by atoms with E-state index in [1.807, 2.05) is 31.2 Å². The predicted molar refractivity (Wildman–Crippen MR) is 71.4 cm³/mol. The van der Waals surface area contributed by atoms with Gasteiger partial charge < -0.3 is 14.6 Å². The molecule has 0 saturated carbocycles. The van der Waals surface area contributed by atoms with Crippen molar-refractivity contribution in [3.63, 3.8) is 0 Å². The fraction of sp³-hybridized carbons (Fsp3) is 0.357. The van der Waals surface area contributed by atoms with Gasteiger partial charge in [0.25, 0.3) is 0 Å². The van der Waals surface area contributed by atoms with Gasteiger partial charge in [-0.05, 0) is 24.6 Å². The highest BCUT2D eigenvalue weighted by molar-refractivity contribution is 5.37. The van der Waals surface area contributed by atoms with E-state index in [1.54, 1.807) is 25.0 Å². The Bertz CT molecular complexity index is 534. The van der Waals surface area contributed by atoms with Crippen LogP contribution in [0.3, 0.4) is 0 Å². The highest BCUT2D eigenvalue weighted by atomic mass is 16.5. The van der Waals surface area contributed by atoms with Gasteiger partial charge in [0.05, 0.1) is 19.9 Å². The van der Waals surface area contributed by atoms with E-state index in [4.69, 9.17) is 9.47 Å². The van der Waals surface area contributed by atoms with Crippen molar-refractivity contribution in [1.29, 1.82) is 0 Å². The third-order valence-corrected chi connectivity index (χ3v) is 2.94. The summed E-state index contributed by atoms with van der Waals surface area (Å²) in [6.07, 6.45) is 0.811. The molecule has 1 aromatic carbocycles. The molecular weight excluding hydrogens is 244 g/mol. The van der Waals surface area contributed by atoms with Gasteiger partial charge in [-0.25, -0.2) is 0 Å². The maximum atomic E-state index is 10.4. The Morgan fingerprint density at radius 2 is 2.00 bits per heavy atom. The summed E-state index contributed by atoms with van der Waals surface area (Å²) in [5, 5.41) is 14.5. The van der Waals surface area contributed by atoms with Gasteiger partial charge in [0.1, 0.15) is 17.5 Å². The number of hydrogen-bond acceptors (Lipinski definition) is 4. The van der Waals surface area contributed by atoms with E-state index in [9.17, 15) is 5.11 Å². The molecule has 0 amide bonds. The summed E-state index contributed by atoms with van der Waals surface area (Å²) in [5.74, 6) is 1.36. The molecule has 0 saturated heterocycles. The monoisotopic (exact) mass is 262 g/mol. The second kappa shape index (κ2) is 5.75. The third-order valence-electron chi connectivity index (χ3n) is 2.94. The van der Waals surface area contributed by atoms with Gasteiger partial charge in [0, 0.05) is 7.05 Å². The summed E-state index contributed by atoms with van der Waals surface area (Å²) >= 11 is 0. The van der Waals surface area contributed by atoms with Crippen molar-refractivity contribution < 1.29 is 14.6 Å². The minimum Gasteiger partial charge on any atom is -0.494 e. The number of benzene rings is 1. The fourth-order valence-corrected chi connectivity index (χ4v) is 1.97. The number of methoxy groups -OCH3 is 1. The van der Waals surface area contributed by atoms with Gasteiger partial charge >= 0.3 is 0 Å². The fourth-order valence-electron chi connectivity index (χ4n) is 1.97. The molecule has 1 N–H and O–H groups in total. The quantitative estimate of drug-likeness (QED) is 0.894. The Morgan fingerprint density at radius 1 is 1.32 bits per heavy atom. The minimum atomic E-state index is -0.780. The lowest BCUT2D eigenvalue weighted by molar-refractivity contribution is 0.204. The van der Waals surface area contributed by atoms with E-state index in [2.05, 4.69) is 5.10 Å². The standard InChI is InChI=1S/C14H18N2O3/c1-4-19-11-7-5-10(6-8-11)14(17)13-12(18-3)9-15-16(13)2/h5-9,14,17H,4H2,1-3H3. The summed E-state index contributed by atoms with van der Waals surface area (Å²) < 4.78 is 12.2. The molecule has 0 fully saturated rings. The van der Waals surface area contributed by atoms with E-state index in [1.165, 1.54) is 0 Å². The lowest BCUT2D eigenvalue weighted by Gasteiger charge is -2.14. The van der Waals surface area contributed by atoms with Crippen LogP contribution in [0.1, 0.15) is 24.3 Å². The minimum absolute atomic E-state index is 0.573. The number of rotatable bonds is 5.